The molecule has 2 bridgehead atoms. The quantitative estimate of drug-likeness (QED) is 0.783. The van der Waals surface area contributed by atoms with Crippen molar-refractivity contribution in [3.05, 3.63) is 0 Å². The highest BCUT2D eigenvalue weighted by molar-refractivity contribution is 7.80. The highest BCUT2D eigenvalue weighted by Gasteiger charge is 2.62. The number of thiocarbonyl (C=S) groups is 1. The number of ether oxygens (including phenoxy) is 1. The van der Waals surface area contributed by atoms with Crippen molar-refractivity contribution < 1.29 is 4.74 Å². The van der Waals surface area contributed by atoms with Gasteiger partial charge in [-0.2, -0.15) is 0 Å². The molecular formula is C14H25NOS. The van der Waals surface area contributed by atoms with Crippen LogP contribution in [0.1, 0.15) is 53.4 Å². The van der Waals surface area contributed by atoms with Crippen LogP contribution in [0.25, 0.3) is 0 Å². The third-order valence-electron chi connectivity index (χ3n) is 5.73. The molecule has 0 aromatic heterocycles. The van der Waals surface area contributed by atoms with Crippen LogP contribution in [0, 0.1) is 16.7 Å². The molecule has 2 aliphatic rings. The zero-order valence-electron chi connectivity index (χ0n) is 11.5. The van der Waals surface area contributed by atoms with Gasteiger partial charge in [0.2, 0.25) is 0 Å². The van der Waals surface area contributed by atoms with Crippen LogP contribution in [0.5, 0.6) is 0 Å². The number of hydrogen-bond donors (Lipinski definition) is 1. The fourth-order valence-electron chi connectivity index (χ4n) is 3.90. The zero-order chi connectivity index (χ0) is 12.8. The Hall–Kier alpha value is -0.150. The topological polar surface area (TPSA) is 35.2 Å². The van der Waals surface area contributed by atoms with Crippen molar-refractivity contribution >= 4 is 17.2 Å². The van der Waals surface area contributed by atoms with Crippen molar-refractivity contribution in [2.24, 2.45) is 22.5 Å². The Kier molecular flexibility index (Phi) is 3.28. The maximum atomic E-state index is 6.23. The van der Waals surface area contributed by atoms with Crippen LogP contribution in [-0.2, 0) is 4.74 Å². The average molecular weight is 255 g/mol. The molecule has 0 heterocycles. The molecular weight excluding hydrogens is 230 g/mol. The van der Waals surface area contributed by atoms with Gasteiger partial charge in [-0.05, 0) is 42.4 Å². The Morgan fingerprint density at radius 1 is 1.47 bits per heavy atom. The fraction of sp³-hybridized carbons (Fsp3) is 0.929. The van der Waals surface area contributed by atoms with E-state index in [-0.39, 0.29) is 6.10 Å². The molecule has 2 nitrogen and oxygen atoms in total. The van der Waals surface area contributed by atoms with Crippen molar-refractivity contribution in [1.82, 2.24) is 0 Å². The summed E-state index contributed by atoms with van der Waals surface area (Å²) < 4.78 is 6.23. The summed E-state index contributed by atoms with van der Waals surface area (Å²) in [6, 6.07) is 0. The Bertz CT molecular complexity index is 328. The number of hydrogen-bond acceptors (Lipinski definition) is 2. The molecule has 0 saturated heterocycles. The lowest BCUT2D eigenvalue weighted by Gasteiger charge is -2.40. The summed E-state index contributed by atoms with van der Waals surface area (Å²) in [5.74, 6) is 0.807. The standard InChI is InChI=1S/C14H25NOS/c1-5-10(12(15)17)16-11-8-9-6-7-14(11,4)13(9,2)3/h9-11H,5-8H2,1-4H3,(H2,15,17). The van der Waals surface area contributed by atoms with E-state index < -0.39 is 0 Å². The van der Waals surface area contributed by atoms with Crippen LogP contribution in [0.3, 0.4) is 0 Å². The lowest BCUT2D eigenvalue weighted by molar-refractivity contribution is -0.0648. The first-order valence-corrected chi connectivity index (χ1v) is 7.18. The smallest absolute Gasteiger partial charge is 0.107 e. The van der Waals surface area contributed by atoms with Gasteiger partial charge in [0, 0.05) is 0 Å². The van der Waals surface area contributed by atoms with Gasteiger partial charge in [-0.1, -0.05) is 39.9 Å². The summed E-state index contributed by atoms with van der Waals surface area (Å²) in [6.07, 6.45) is 5.00. The summed E-state index contributed by atoms with van der Waals surface area (Å²) in [7, 11) is 0. The second-order valence-corrected chi connectivity index (χ2v) is 7.01. The lowest BCUT2D eigenvalue weighted by Crippen LogP contribution is -2.42. The number of rotatable bonds is 4. The van der Waals surface area contributed by atoms with E-state index in [9.17, 15) is 0 Å². The predicted octanol–water partition coefficient (Wildman–Crippen LogP) is 3.28. The third-order valence-corrected chi connectivity index (χ3v) is 5.99. The van der Waals surface area contributed by atoms with E-state index in [2.05, 4.69) is 27.7 Å². The predicted molar refractivity (Wildman–Crippen MR) is 75.0 cm³/mol. The SMILES string of the molecule is CCC(OC1CC2CCC1(C)C2(C)C)C(N)=S. The molecule has 2 fully saturated rings. The monoisotopic (exact) mass is 255 g/mol. The van der Waals surface area contributed by atoms with E-state index in [1.54, 1.807) is 0 Å². The molecule has 2 saturated carbocycles. The van der Waals surface area contributed by atoms with Crippen molar-refractivity contribution in [2.75, 3.05) is 0 Å². The number of fused-ring (bicyclic) bond motifs is 2. The van der Waals surface area contributed by atoms with Gasteiger partial charge >= 0.3 is 0 Å². The van der Waals surface area contributed by atoms with Gasteiger partial charge in [0.15, 0.2) is 0 Å². The van der Waals surface area contributed by atoms with E-state index in [0.29, 0.717) is 21.9 Å². The van der Waals surface area contributed by atoms with Crippen LogP contribution in [0.4, 0.5) is 0 Å². The Labute approximate surface area is 110 Å². The highest BCUT2D eigenvalue weighted by atomic mass is 32.1. The number of nitrogens with two attached hydrogens (primary N) is 1. The largest absolute Gasteiger partial charge is 0.391 e. The molecule has 2 aliphatic carbocycles. The maximum Gasteiger partial charge on any atom is 0.107 e. The van der Waals surface area contributed by atoms with Crippen LogP contribution in [-0.4, -0.2) is 17.2 Å². The van der Waals surface area contributed by atoms with Crippen molar-refractivity contribution in [3.63, 3.8) is 0 Å². The first kappa shape index (κ1) is 13.3. The molecule has 2 N–H and O–H groups in total. The van der Waals surface area contributed by atoms with E-state index in [1.165, 1.54) is 19.3 Å². The summed E-state index contributed by atoms with van der Waals surface area (Å²) in [5.41, 5.74) is 6.44. The van der Waals surface area contributed by atoms with Crippen LogP contribution >= 0.6 is 12.2 Å². The third kappa shape index (κ3) is 1.82. The summed E-state index contributed by atoms with van der Waals surface area (Å²) in [6.45, 7) is 9.27. The molecule has 4 atom stereocenters. The van der Waals surface area contributed by atoms with Crippen molar-refractivity contribution in [2.45, 2.75) is 65.6 Å². The van der Waals surface area contributed by atoms with Gasteiger partial charge in [-0.25, -0.2) is 0 Å². The minimum absolute atomic E-state index is 0.0398. The van der Waals surface area contributed by atoms with Gasteiger partial charge in [-0.15, -0.1) is 0 Å². The molecule has 3 heteroatoms. The van der Waals surface area contributed by atoms with Crippen molar-refractivity contribution in [1.29, 1.82) is 0 Å². The summed E-state index contributed by atoms with van der Waals surface area (Å²) >= 11 is 5.08. The molecule has 0 aromatic carbocycles. The van der Waals surface area contributed by atoms with Crippen molar-refractivity contribution in [3.8, 4) is 0 Å². The minimum Gasteiger partial charge on any atom is -0.391 e. The molecule has 0 radical (unpaired) electrons. The molecule has 17 heavy (non-hydrogen) atoms. The van der Waals surface area contributed by atoms with Gasteiger partial charge in [0.1, 0.15) is 11.1 Å². The Morgan fingerprint density at radius 3 is 2.47 bits per heavy atom. The van der Waals surface area contributed by atoms with Crippen LogP contribution < -0.4 is 5.73 Å². The van der Waals surface area contributed by atoms with Gasteiger partial charge in [0.05, 0.1) is 6.10 Å². The van der Waals surface area contributed by atoms with E-state index in [0.717, 1.165) is 12.3 Å². The minimum atomic E-state index is -0.0398. The fourth-order valence-corrected chi connectivity index (χ4v) is 4.12. The van der Waals surface area contributed by atoms with E-state index >= 15 is 0 Å². The maximum absolute atomic E-state index is 6.23. The first-order chi connectivity index (χ1) is 7.83. The molecule has 0 aromatic rings. The molecule has 2 rings (SSSR count). The van der Waals surface area contributed by atoms with Crippen LogP contribution in [0.2, 0.25) is 0 Å². The summed E-state index contributed by atoms with van der Waals surface area (Å²) in [4.78, 5) is 0.511. The van der Waals surface area contributed by atoms with E-state index in [1.807, 2.05) is 0 Å². The van der Waals surface area contributed by atoms with Gasteiger partial charge in [0.25, 0.3) is 0 Å². The average Bonchev–Trinajstić information content (AvgIpc) is 2.57. The molecule has 98 valence electrons. The Morgan fingerprint density at radius 2 is 2.12 bits per heavy atom. The van der Waals surface area contributed by atoms with Crippen LogP contribution in [0.15, 0.2) is 0 Å². The molecule has 0 amide bonds. The first-order valence-electron chi connectivity index (χ1n) is 6.77. The normalized spacial score (nSPS) is 40.5. The highest BCUT2D eigenvalue weighted by Crippen LogP contribution is 2.66. The van der Waals surface area contributed by atoms with Gasteiger partial charge < -0.3 is 10.5 Å². The second-order valence-electron chi connectivity index (χ2n) is 6.53. The Balaban J connectivity index is 2.13. The summed E-state index contributed by atoms with van der Waals surface area (Å²) in [5, 5.41) is 0. The van der Waals surface area contributed by atoms with E-state index in [4.69, 9.17) is 22.7 Å². The zero-order valence-corrected chi connectivity index (χ0v) is 12.3. The molecule has 0 spiro atoms. The second kappa shape index (κ2) is 4.20. The lowest BCUT2D eigenvalue weighted by atomic mass is 9.70. The van der Waals surface area contributed by atoms with Gasteiger partial charge in [-0.3, -0.25) is 0 Å². The molecule has 0 aliphatic heterocycles. The molecule has 4 unspecified atom stereocenters.